The van der Waals surface area contributed by atoms with Crippen LogP contribution in [0.4, 0.5) is 0 Å². The van der Waals surface area contributed by atoms with E-state index < -0.39 is 0 Å². The van der Waals surface area contributed by atoms with Crippen molar-refractivity contribution < 1.29 is 14.1 Å². The molecular formula is C20H24N4O3. The summed E-state index contributed by atoms with van der Waals surface area (Å²) in [5.41, 5.74) is 2.92. The van der Waals surface area contributed by atoms with Gasteiger partial charge in [0.1, 0.15) is 18.1 Å². The quantitative estimate of drug-likeness (QED) is 0.692. The van der Waals surface area contributed by atoms with Crippen LogP contribution in [0.2, 0.25) is 0 Å². The minimum absolute atomic E-state index is 0.115. The van der Waals surface area contributed by atoms with Gasteiger partial charge in [-0.3, -0.25) is 9.48 Å². The molecule has 0 spiro atoms. The highest BCUT2D eigenvalue weighted by atomic mass is 16.5. The summed E-state index contributed by atoms with van der Waals surface area (Å²) in [5, 5.41) is 11.3. The number of para-hydroxylation sites is 1. The maximum atomic E-state index is 12.7. The predicted molar refractivity (Wildman–Crippen MR) is 101 cm³/mol. The maximum absolute atomic E-state index is 12.7. The molecule has 0 saturated heterocycles. The first kappa shape index (κ1) is 18.7. The number of amides is 1. The number of hydrogen-bond acceptors (Lipinski definition) is 5. The van der Waals surface area contributed by atoms with Crippen LogP contribution in [0.5, 0.6) is 5.75 Å². The molecule has 0 aliphatic heterocycles. The molecule has 2 heterocycles. The minimum atomic E-state index is -0.285. The molecule has 1 aromatic carbocycles. The molecule has 0 fully saturated rings. The van der Waals surface area contributed by atoms with E-state index in [1.807, 2.05) is 61.9 Å². The summed E-state index contributed by atoms with van der Waals surface area (Å²) in [5.74, 6) is 1.01. The van der Waals surface area contributed by atoms with Gasteiger partial charge in [-0.15, -0.1) is 0 Å². The molecule has 2 aromatic heterocycles. The molecule has 0 bridgehead atoms. The van der Waals surface area contributed by atoms with Crippen LogP contribution in [0.15, 0.2) is 40.9 Å². The Balaban J connectivity index is 1.65. The topological polar surface area (TPSA) is 82.2 Å². The zero-order valence-corrected chi connectivity index (χ0v) is 16.0. The molecule has 0 aliphatic carbocycles. The van der Waals surface area contributed by atoms with Gasteiger partial charge >= 0.3 is 0 Å². The van der Waals surface area contributed by atoms with E-state index in [4.69, 9.17) is 9.26 Å². The fraction of sp³-hybridized carbons (Fsp3) is 0.350. The summed E-state index contributed by atoms with van der Waals surface area (Å²) >= 11 is 0. The number of carbonyl (C=O) groups excluding carboxylic acids is 1. The van der Waals surface area contributed by atoms with Gasteiger partial charge in [0.25, 0.3) is 5.91 Å². The number of hydrogen-bond donors (Lipinski definition) is 1. The zero-order valence-electron chi connectivity index (χ0n) is 16.0. The van der Waals surface area contributed by atoms with Crippen molar-refractivity contribution in [3.05, 3.63) is 64.8 Å². The Kier molecular flexibility index (Phi) is 5.59. The van der Waals surface area contributed by atoms with Crippen LogP contribution in [0.25, 0.3) is 0 Å². The number of rotatable bonds is 7. The second-order valence-electron chi connectivity index (χ2n) is 6.65. The Labute approximate surface area is 158 Å². The highest BCUT2D eigenvalue weighted by Gasteiger charge is 2.22. The second kappa shape index (κ2) is 8.07. The third kappa shape index (κ3) is 4.55. The normalized spacial score (nSPS) is 12.0. The summed E-state index contributed by atoms with van der Waals surface area (Å²) in [6.45, 7) is 8.44. The Morgan fingerprint density at radius 1 is 1.26 bits per heavy atom. The molecule has 1 atom stereocenters. The van der Waals surface area contributed by atoms with Gasteiger partial charge in [-0.05, 0) is 45.9 Å². The molecule has 7 heteroatoms. The van der Waals surface area contributed by atoms with Crippen molar-refractivity contribution in [2.75, 3.05) is 0 Å². The molecule has 27 heavy (non-hydrogen) atoms. The second-order valence-corrected chi connectivity index (χ2v) is 6.65. The lowest BCUT2D eigenvalue weighted by atomic mass is 10.2. The maximum Gasteiger partial charge on any atom is 0.274 e. The van der Waals surface area contributed by atoms with Crippen molar-refractivity contribution in [1.29, 1.82) is 0 Å². The standard InChI is InChI=1S/C20H24N4O3/c1-13-10-15(3)24(22-13)11-14(2)21-20(25)19-18(16(4)27-23-19)12-26-17-8-6-5-7-9-17/h5-10,14H,11-12H2,1-4H3,(H,21,25). The number of nitrogens with one attached hydrogen (secondary N) is 1. The molecule has 1 amide bonds. The first-order chi connectivity index (χ1) is 12.9. The average Bonchev–Trinajstić information content (AvgIpc) is 3.15. The van der Waals surface area contributed by atoms with Gasteiger partial charge in [-0.2, -0.15) is 5.10 Å². The van der Waals surface area contributed by atoms with Crippen molar-refractivity contribution in [3.63, 3.8) is 0 Å². The third-order valence-corrected chi connectivity index (χ3v) is 4.25. The highest BCUT2D eigenvalue weighted by Crippen LogP contribution is 2.18. The fourth-order valence-electron chi connectivity index (χ4n) is 2.87. The summed E-state index contributed by atoms with van der Waals surface area (Å²) in [6.07, 6.45) is 0. The molecule has 0 aliphatic rings. The van der Waals surface area contributed by atoms with Crippen LogP contribution in [-0.2, 0) is 13.2 Å². The Morgan fingerprint density at radius 2 is 2.00 bits per heavy atom. The lowest BCUT2D eigenvalue weighted by molar-refractivity contribution is 0.0924. The molecule has 3 rings (SSSR count). The van der Waals surface area contributed by atoms with Crippen molar-refractivity contribution in [1.82, 2.24) is 20.3 Å². The zero-order chi connectivity index (χ0) is 19.4. The Morgan fingerprint density at radius 3 is 2.67 bits per heavy atom. The fourth-order valence-corrected chi connectivity index (χ4v) is 2.87. The number of benzene rings is 1. The highest BCUT2D eigenvalue weighted by molar-refractivity contribution is 5.93. The number of ether oxygens (including phenoxy) is 1. The number of aromatic nitrogens is 3. The van der Waals surface area contributed by atoms with E-state index in [0.717, 1.165) is 17.1 Å². The molecule has 1 unspecified atom stereocenters. The van der Waals surface area contributed by atoms with Gasteiger partial charge in [0.2, 0.25) is 0 Å². The largest absolute Gasteiger partial charge is 0.489 e. The van der Waals surface area contributed by atoms with Crippen LogP contribution >= 0.6 is 0 Å². The minimum Gasteiger partial charge on any atom is -0.489 e. The SMILES string of the molecule is Cc1cc(C)n(CC(C)NC(=O)c2noc(C)c2COc2ccccc2)n1. The summed E-state index contributed by atoms with van der Waals surface area (Å²) in [4.78, 5) is 12.7. The monoisotopic (exact) mass is 368 g/mol. The molecule has 0 radical (unpaired) electrons. The van der Waals surface area contributed by atoms with Crippen LogP contribution in [0.3, 0.4) is 0 Å². The Hall–Kier alpha value is -3.09. The lowest BCUT2D eigenvalue weighted by Gasteiger charge is -2.14. The van der Waals surface area contributed by atoms with E-state index in [1.165, 1.54) is 0 Å². The summed E-state index contributed by atoms with van der Waals surface area (Å²) < 4.78 is 12.8. The van der Waals surface area contributed by atoms with Crippen LogP contribution in [0, 0.1) is 20.8 Å². The van der Waals surface area contributed by atoms with E-state index in [-0.39, 0.29) is 24.2 Å². The molecule has 0 saturated carbocycles. The number of nitrogens with zero attached hydrogens (tertiary/aromatic N) is 3. The molecule has 3 aromatic rings. The van der Waals surface area contributed by atoms with E-state index in [9.17, 15) is 4.79 Å². The predicted octanol–water partition coefficient (Wildman–Crippen LogP) is 3.19. The van der Waals surface area contributed by atoms with Crippen LogP contribution in [-0.4, -0.2) is 26.9 Å². The number of carbonyl (C=O) groups is 1. The van der Waals surface area contributed by atoms with Crippen LogP contribution < -0.4 is 10.1 Å². The van der Waals surface area contributed by atoms with Gasteiger partial charge < -0.3 is 14.6 Å². The van der Waals surface area contributed by atoms with Gasteiger partial charge in [0, 0.05) is 11.7 Å². The van der Waals surface area contributed by atoms with E-state index in [2.05, 4.69) is 15.6 Å². The molecule has 142 valence electrons. The first-order valence-corrected chi connectivity index (χ1v) is 8.89. The van der Waals surface area contributed by atoms with E-state index >= 15 is 0 Å². The van der Waals surface area contributed by atoms with Crippen molar-refractivity contribution in [3.8, 4) is 5.75 Å². The Bertz CT molecular complexity index is 915. The molecule has 7 nitrogen and oxygen atoms in total. The van der Waals surface area contributed by atoms with Crippen molar-refractivity contribution >= 4 is 5.91 Å². The van der Waals surface area contributed by atoms with Gasteiger partial charge in [0.05, 0.1) is 17.8 Å². The number of aryl methyl sites for hydroxylation is 3. The van der Waals surface area contributed by atoms with Gasteiger partial charge in [0.15, 0.2) is 5.69 Å². The molecule has 1 N–H and O–H groups in total. The smallest absolute Gasteiger partial charge is 0.274 e. The summed E-state index contributed by atoms with van der Waals surface area (Å²) in [6, 6.07) is 11.3. The van der Waals surface area contributed by atoms with Crippen molar-refractivity contribution in [2.24, 2.45) is 0 Å². The lowest BCUT2D eigenvalue weighted by Crippen LogP contribution is -2.36. The molecular weight excluding hydrogens is 344 g/mol. The first-order valence-electron chi connectivity index (χ1n) is 8.89. The average molecular weight is 368 g/mol. The van der Waals surface area contributed by atoms with E-state index in [0.29, 0.717) is 17.9 Å². The van der Waals surface area contributed by atoms with Crippen LogP contribution in [0.1, 0.15) is 40.1 Å². The van der Waals surface area contributed by atoms with E-state index in [1.54, 1.807) is 6.92 Å². The summed E-state index contributed by atoms with van der Waals surface area (Å²) in [7, 11) is 0. The third-order valence-electron chi connectivity index (χ3n) is 4.25. The van der Waals surface area contributed by atoms with Gasteiger partial charge in [-0.1, -0.05) is 23.4 Å². The van der Waals surface area contributed by atoms with Gasteiger partial charge in [-0.25, -0.2) is 0 Å². The van der Waals surface area contributed by atoms with Crippen molar-refractivity contribution in [2.45, 2.75) is 46.9 Å².